The van der Waals surface area contributed by atoms with Crippen LogP contribution in [0, 0.1) is 0 Å². The monoisotopic (exact) mass is 288 g/mol. The molecule has 0 amide bonds. The van der Waals surface area contributed by atoms with Gasteiger partial charge >= 0.3 is 0 Å². The van der Waals surface area contributed by atoms with Gasteiger partial charge in [-0.2, -0.15) is 5.10 Å². The van der Waals surface area contributed by atoms with Gasteiger partial charge < -0.3 is 15.2 Å². The van der Waals surface area contributed by atoms with Crippen molar-refractivity contribution in [1.29, 1.82) is 0 Å². The molecule has 1 unspecified atom stereocenters. The second-order valence-electron chi connectivity index (χ2n) is 5.40. The summed E-state index contributed by atoms with van der Waals surface area (Å²) in [6.45, 7) is 5.28. The number of fused-ring (bicyclic) bond motifs is 1. The molecule has 2 aromatic rings. The van der Waals surface area contributed by atoms with Crippen molar-refractivity contribution in [3.63, 3.8) is 0 Å². The first-order valence-corrected chi connectivity index (χ1v) is 7.19. The highest BCUT2D eigenvalue weighted by molar-refractivity contribution is 5.49. The highest BCUT2D eigenvalue weighted by atomic mass is 16.6. The van der Waals surface area contributed by atoms with Crippen LogP contribution >= 0.6 is 0 Å². The number of nitrogens with two attached hydrogens (primary N) is 1. The summed E-state index contributed by atoms with van der Waals surface area (Å²) in [7, 11) is 0. The Balaban J connectivity index is 1.86. The van der Waals surface area contributed by atoms with Crippen LogP contribution < -0.4 is 15.2 Å². The minimum absolute atomic E-state index is 0.205. The van der Waals surface area contributed by atoms with Crippen LogP contribution in [-0.2, 0) is 6.42 Å². The predicted octanol–water partition coefficient (Wildman–Crippen LogP) is 1.87. The van der Waals surface area contributed by atoms with E-state index in [9.17, 15) is 0 Å². The first kappa shape index (κ1) is 13.9. The van der Waals surface area contributed by atoms with Gasteiger partial charge in [0.15, 0.2) is 11.5 Å². The fourth-order valence-corrected chi connectivity index (χ4v) is 2.55. The predicted molar refractivity (Wildman–Crippen MR) is 78.5 cm³/mol. The highest BCUT2D eigenvalue weighted by Gasteiger charge is 2.21. The van der Waals surface area contributed by atoms with Crippen LogP contribution in [0.25, 0.3) is 0 Å². The molecule has 6 heteroatoms. The van der Waals surface area contributed by atoms with Crippen LogP contribution in [0.2, 0.25) is 0 Å². The van der Waals surface area contributed by atoms with E-state index in [-0.39, 0.29) is 12.1 Å². The molecule has 0 radical (unpaired) electrons. The molecule has 0 saturated heterocycles. The van der Waals surface area contributed by atoms with E-state index in [0.29, 0.717) is 19.6 Å². The SMILES string of the molecule is CC(C)n1ncnc1CC(N)c1cccc2c1OCCO2. The number of para-hydroxylation sites is 1. The molecule has 0 saturated carbocycles. The zero-order valence-corrected chi connectivity index (χ0v) is 12.3. The molecule has 21 heavy (non-hydrogen) atoms. The van der Waals surface area contributed by atoms with Gasteiger partial charge in [0, 0.05) is 24.1 Å². The average molecular weight is 288 g/mol. The maximum atomic E-state index is 6.36. The molecule has 1 aromatic heterocycles. The molecule has 3 rings (SSSR count). The van der Waals surface area contributed by atoms with Crippen molar-refractivity contribution < 1.29 is 9.47 Å². The van der Waals surface area contributed by atoms with Crippen molar-refractivity contribution in [2.45, 2.75) is 32.4 Å². The van der Waals surface area contributed by atoms with E-state index in [1.54, 1.807) is 6.33 Å². The first-order chi connectivity index (χ1) is 10.2. The zero-order chi connectivity index (χ0) is 14.8. The lowest BCUT2D eigenvalue weighted by molar-refractivity contribution is 0.169. The molecule has 0 spiro atoms. The van der Waals surface area contributed by atoms with Crippen LogP contribution in [0.15, 0.2) is 24.5 Å². The van der Waals surface area contributed by atoms with Crippen LogP contribution in [-0.4, -0.2) is 28.0 Å². The van der Waals surface area contributed by atoms with Gasteiger partial charge in [-0.05, 0) is 19.9 Å². The van der Waals surface area contributed by atoms with Crippen LogP contribution in [0.3, 0.4) is 0 Å². The van der Waals surface area contributed by atoms with Crippen molar-refractivity contribution in [2.75, 3.05) is 13.2 Å². The van der Waals surface area contributed by atoms with Crippen LogP contribution in [0.5, 0.6) is 11.5 Å². The fraction of sp³-hybridized carbons (Fsp3) is 0.467. The number of hydrogen-bond acceptors (Lipinski definition) is 5. The summed E-state index contributed by atoms with van der Waals surface area (Å²) in [5.41, 5.74) is 7.31. The number of rotatable bonds is 4. The Morgan fingerprint density at radius 2 is 2.10 bits per heavy atom. The molecule has 0 aliphatic carbocycles. The largest absolute Gasteiger partial charge is 0.486 e. The third-order valence-corrected chi connectivity index (χ3v) is 3.54. The molecule has 112 valence electrons. The Morgan fingerprint density at radius 1 is 1.29 bits per heavy atom. The topological polar surface area (TPSA) is 75.2 Å². The summed E-state index contributed by atoms with van der Waals surface area (Å²) >= 11 is 0. The van der Waals surface area contributed by atoms with Gasteiger partial charge in [0.05, 0.1) is 0 Å². The molecular weight excluding hydrogens is 268 g/mol. The smallest absolute Gasteiger partial charge is 0.166 e. The molecule has 1 atom stereocenters. The van der Waals surface area contributed by atoms with Gasteiger partial charge in [0.25, 0.3) is 0 Å². The lowest BCUT2D eigenvalue weighted by Gasteiger charge is -2.23. The van der Waals surface area contributed by atoms with E-state index >= 15 is 0 Å². The quantitative estimate of drug-likeness (QED) is 0.929. The summed E-state index contributed by atoms with van der Waals surface area (Å²) in [6, 6.07) is 5.88. The molecule has 2 N–H and O–H groups in total. The normalized spacial score (nSPS) is 15.2. The summed E-state index contributed by atoms with van der Waals surface area (Å²) in [5.74, 6) is 2.40. The lowest BCUT2D eigenvalue weighted by atomic mass is 10.0. The van der Waals surface area contributed by atoms with Gasteiger partial charge in [0.2, 0.25) is 0 Å². The third-order valence-electron chi connectivity index (χ3n) is 3.54. The molecule has 0 bridgehead atoms. The standard InChI is InChI=1S/C15H20N4O2/c1-10(2)19-14(17-9-18-19)8-12(16)11-4-3-5-13-15(11)21-7-6-20-13/h3-5,9-10,12H,6-8,16H2,1-2H3. The fourth-order valence-electron chi connectivity index (χ4n) is 2.55. The summed E-state index contributed by atoms with van der Waals surface area (Å²) in [6.07, 6.45) is 2.18. The minimum Gasteiger partial charge on any atom is -0.486 e. The summed E-state index contributed by atoms with van der Waals surface area (Å²) in [4.78, 5) is 4.31. The number of benzene rings is 1. The molecule has 0 fully saturated rings. The van der Waals surface area contributed by atoms with Crippen molar-refractivity contribution in [2.24, 2.45) is 5.73 Å². The van der Waals surface area contributed by atoms with Gasteiger partial charge in [-0.15, -0.1) is 0 Å². The van der Waals surface area contributed by atoms with Crippen molar-refractivity contribution >= 4 is 0 Å². The Kier molecular flexibility index (Phi) is 3.79. The Labute approximate surface area is 123 Å². The third kappa shape index (κ3) is 2.71. The lowest BCUT2D eigenvalue weighted by Crippen LogP contribution is -2.22. The first-order valence-electron chi connectivity index (χ1n) is 7.19. The van der Waals surface area contributed by atoms with Crippen molar-refractivity contribution in [1.82, 2.24) is 14.8 Å². The number of aromatic nitrogens is 3. The van der Waals surface area contributed by atoms with Gasteiger partial charge in [0.1, 0.15) is 25.4 Å². The molecule has 2 heterocycles. The van der Waals surface area contributed by atoms with E-state index in [4.69, 9.17) is 15.2 Å². The summed E-state index contributed by atoms with van der Waals surface area (Å²) in [5, 5.41) is 4.24. The molecule has 6 nitrogen and oxygen atoms in total. The van der Waals surface area contributed by atoms with Crippen molar-refractivity contribution in [3.8, 4) is 11.5 Å². The average Bonchev–Trinajstić information content (AvgIpc) is 2.95. The van der Waals surface area contributed by atoms with E-state index < -0.39 is 0 Å². The Hall–Kier alpha value is -2.08. The van der Waals surface area contributed by atoms with E-state index in [1.165, 1.54) is 0 Å². The zero-order valence-electron chi connectivity index (χ0n) is 12.3. The molecule has 1 aromatic carbocycles. The van der Waals surface area contributed by atoms with Gasteiger partial charge in [-0.25, -0.2) is 9.67 Å². The highest BCUT2D eigenvalue weighted by Crippen LogP contribution is 2.37. The maximum Gasteiger partial charge on any atom is 0.166 e. The molecule has 1 aliphatic heterocycles. The second-order valence-corrected chi connectivity index (χ2v) is 5.40. The van der Waals surface area contributed by atoms with E-state index in [0.717, 1.165) is 22.9 Å². The van der Waals surface area contributed by atoms with Gasteiger partial charge in [-0.3, -0.25) is 0 Å². The van der Waals surface area contributed by atoms with Crippen molar-refractivity contribution in [3.05, 3.63) is 35.9 Å². The minimum atomic E-state index is -0.205. The molecular formula is C15H20N4O2. The van der Waals surface area contributed by atoms with E-state index in [1.807, 2.05) is 22.9 Å². The number of ether oxygens (including phenoxy) is 2. The number of hydrogen-bond donors (Lipinski definition) is 1. The summed E-state index contributed by atoms with van der Waals surface area (Å²) < 4.78 is 13.2. The van der Waals surface area contributed by atoms with Crippen LogP contribution in [0.4, 0.5) is 0 Å². The van der Waals surface area contributed by atoms with E-state index in [2.05, 4.69) is 23.9 Å². The second kappa shape index (κ2) is 5.73. The number of nitrogens with zero attached hydrogens (tertiary/aromatic N) is 3. The molecule has 1 aliphatic rings. The Bertz CT molecular complexity index is 624. The van der Waals surface area contributed by atoms with Gasteiger partial charge in [-0.1, -0.05) is 12.1 Å². The maximum absolute atomic E-state index is 6.36. The Morgan fingerprint density at radius 3 is 2.90 bits per heavy atom. The van der Waals surface area contributed by atoms with Crippen LogP contribution in [0.1, 0.15) is 37.3 Å².